The molecule has 0 spiro atoms. The van der Waals surface area contributed by atoms with Crippen LogP contribution in [0.3, 0.4) is 0 Å². The molecule has 2 aromatic carbocycles. The molecule has 0 bridgehead atoms. The molecule has 0 atom stereocenters. The second-order valence-corrected chi connectivity index (χ2v) is 14.3. The molecule has 0 N–H and O–H groups in total. The normalized spacial score (nSPS) is 13.1. The zero-order valence-electron chi connectivity index (χ0n) is 17.1. The Balaban J connectivity index is 0. The van der Waals surface area contributed by atoms with Gasteiger partial charge in [-0.25, -0.2) is 5.20 Å². The summed E-state index contributed by atoms with van der Waals surface area (Å²) in [7, 11) is -1.82. The summed E-state index contributed by atoms with van der Waals surface area (Å²) in [6.45, 7) is 13.6. The molecule has 1 aliphatic carbocycles. The number of rotatable bonds is 4. The molecule has 0 saturated heterocycles. The van der Waals surface area contributed by atoms with Crippen LogP contribution in [-0.2, 0) is 30.6 Å². The van der Waals surface area contributed by atoms with Crippen molar-refractivity contribution in [3.05, 3.63) is 65.1 Å². The zero-order chi connectivity index (χ0) is 17.7. The fraction of sp³-hybridized carbons (Fsp3) is 0.381. The Morgan fingerprint density at radius 3 is 2.26 bits per heavy atom. The van der Waals surface area contributed by atoms with Crippen LogP contribution in [0.25, 0.3) is 10.8 Å². The van der Waals surface area contributed by atoms with E-state index in [1.165, 1.54) is 27.3 Å². The van der Waals surface area contributed by atoms with Crippen LogP contribution in [0.15, 0.2) is 59.0 Å². The van der Waals surface area contributed by atoms with Crippen LogP contribution in [0, 0.1) is 6.08 Å². The summed E-state index contributed by atoms with van der Waals surface area (Å²) in [5.41, 5.74) is 1.45. The van der Waals surface area contributed by atoms with Gasteiger partial charge in [-0.3, -0.25) is 6.08 Å². The van der Waals surface area contributed by atoms with Crippen molar-refractivity contribution in [3.8, 4) is 0 Å². The van der Waals surface area contributed by atoms with Gasteiger partial charge in [0.15, 0.2) is 0 Å². The van der Waals surface area contributed by atoms with E-state index >= 15 is 0 Å². The van der Waals surface area contributed by atoms with Crippen molar-refractivity contribution in [2.24, 2.45) is 0 Å². The van der Waals surface area contributed by atoms with Crippen molar-refractivity contribution in [2.45, 2.75) is 52.5 Å². The van der Waals surface area contributed by atoms with Crippen LogP contribution in [0.1, 0.15) is 19.8 Å². The molecule has 0 fully saturated rings. The molecule has 2 aromatic rings. The fourth-order valence-electron chi connectivity index (χ4n) is 2.91. The second-order valence-electron chi connectivity index (χ2n) is 7.35. The quantitative estimate of drug-likeness (QED) is 0.426. The number of fused-ring (bicyclic) bond motifs is 1. The van der Waals surface area contributed by atoms with Gasteiger partial charge in [0.25, 0.3) is 0 Å². The maximum Gasteiger partial charge on any atom is 4.00 e. The number of hydrogen-bond acceptors (Lipinski definition) is 1. The van der Waals surface area contributed by atoms with Crippen LogP contribution in [0.4, 0.5) is 0 Å². The summed E-state index contributed by atoms with van der Waals surface area (Å²) in [6, 6.07) is 14.7. The van der Waals surface area contributed by atoms with Crippen molar-refractivity contribution < 1.29 is 55.4 Å². The monoisotopic (exact) mass is 513 g/mol. The van der Waals surface area contributed by atoms with E-state index in [1.54, 1.807) is 0 Å². The summed E-state index contributed by atoms with van der Waals surface area (Å²) < 4.78 is 6.13. The van der Waals surface area contributed by atoms with Gasteiger partial charge in [0, 0.05) is 8.80 Å². The summed E-state index contributed by atoms with van der Waals surface area (Å²) in [4.78, 5) is 0. The molecule has 1 radical (unpaired) electrons. The minimum atomic E-state index is -1.44. The van der Waals surface area contributed by atoms with Crippen molar-refractivity contribution in [2.75, 3.05) is 0 Å². The molecular formula is C21H29Cl2OSi2Zr. The fourth-order valence-corrected chi connectivity index (χ4v) is 5.21. The topological polar surface area (TPSA) is 9.23 Å². The molecule has 27 heavy (non-hydrogen) atoms. The molecule has 0 aromatic heterocycles. The SMILES string of the molecule is CCC1=C(O[Si](C)(C)C)C[C-]=C1[Si](C)C.[Cl-].[Cl-].[Zr+4].c1ccc2[cH-]ccc2c1. The first-order chi connectivity index (χ1) is 11.3. The van der Waals surface area contributed by atoms with Gasteiger partial charge in [-0.1, -0.05) is 38.9 Å². The summed E-state index contributed by atoms with van der Waals surface area (Å²) >= 11 is 0. The number of benzene rings is 1. The maximum atomic E-state index is 6.13. The third-order valence-electron chi connectivity index (χ3n) is 3.89. The molecule has 0 saturated carbocycles. The predicted molar refractivity (Wildman–Crippen MR) is 110 cm³/mol. The Morgan fingerprint density at radius 2 is 1.74 bits per heavy atom. The van der Waals surface area contributed by atoms with Crippen LogP contribution in [0.2, 0.25) is 32.7 Å². The summed E-state index contributed by atoms with van der Waals surface area (Å²) in [5.74, 6) is 1.22. The molecule has 1 nitrogen and oxygen atoms in total. The van der Waals surface area contributed by atoms with E-state index in [1.807, 2.05) is 0 Å². The van der Waals surface area contributed by atoms with Gasteiger partial charge in [-0.15, -0.1) is 29.7 Å². The first kappa shape index (κ1) is 29.2. The van der Waals surface area contributed by atoms with Gasteiger partial charge in [0.1, 0.15) is 0 Å². The first-order valence-electron chi connectivity index (χ1n) is 8.75. The van der Waals surface area contributed by atoms with E-state index in [0.29, 0.717) is 0 Å². The van der Waals surface area contributed by atoms with Gasteiger partial charge < -0.3 is 29.2 Å². The van der Waals surface area contributed by atoms with Crippen molar-refractivity contribution in [1.29, 1.82) is 0 Å². The van der Waals surface area contributed by atoms with Crippen molar-refractivity contribution >= 4 is 27.9 Å². The third kappa shape index (κ3) is 8.91. The molecule has 145 valence electrons. The first-order valence-corrected chi connectivity index (χ1v) is 14.7. The minimum Gasteiger partial charge on any atom is -1.00 e. The molecule has 0 amide bonds. The van der Waals surface area contributed by atoms with Crippen LogP contribution in [0.5, 0.6) is 0 Å². The minimum absolute atomic E-state index is 0. The Labute approximate surface area is 199 Å². The Bertz CT molecular complexity index is 716. The average Bonchev–Trinajstić information content (AvgIpc) is 3.12. The largest absolute Gasteiger partial charge is 4.00 e. The molecule has 0 aliphatic heterocycles. The van der Waals surface area contributed by atoms with Crippen LogP contribution < -0.4 is 24.8 Å². The zero-order valence-corrected chi connectivity index (χ0v) is 23.1. The van der Waals surface area contributed by atoms with Gasteiger partial charge in [0.05, 0.1) is 0 Å². The molecule has 0 unspecified atom stereocenters. The molecule has 3 rings (SSSR count). The van der Waals surface area contributed by atoms with E-state index in [-0.39, 0.29) is 59.8 Å². The second kappa shape index (κ2) is 13.3. The van der Waals surface area contributed by atoms with Gasteiger partial charge in [0.2, 0.25) is 8.32 Å². The Morgan fingerprint density at radius 1 is 1.11 bits per heavy atom. The van der Waals surface area contributed by atoms with Crippen LogP contribution >= 0.6 is 0 Å². The molecular weight excluding hydrogens is 487 g/mol. The van der Waals surface area contributed by atoms with E-state index in [0.717, 1.165) is 12.8 Å². The third-order valence-corrected chi connectivity index (χ3v) is 6.23. The Kier molecular flexibility index (Phi) is 14.4. The number of allylic oxidation sites excluding steroid dienone is 3. The summed E-state index contributed by atoms with van der Waals surface area (Å²) in [6.07, 6.45) is 5.53. The average molecular weight is 516 g/mol. The molecule has 1 aliphatic rings. The Hall–Kier alpha value is 0.00688. The van der Waals surface area contributed by atoms with E-state index in [9.17, 15) is 0 Å². The van der Waals surface area contributed by atoms with E-state index in [2.05, 4.69) is 88.2 Å². The van der Waals surface area contributed by atoms with Crippen LogP contribution in [-0.4, -0.2) is 17.1 Å². The predicted octanol–water partition coefficient (Wildman–Crippen LogP) is 0.493. The summed E-state index contributed by atoms with van der Waals surface area (Å²) in [5, 5.41) is 4.14. The van der Waals surface area contributed by atoms with Crippen molar-refractivity contribution in [1.82, 2.24) is 0 Å². The standard InChI is InChI=1S/C12H22OSi2.C9H7.2ClH.Zr/c1-7-10-11(13-15(4,5)6)8-9-12(10)14(2)3;1-2-5-9-7-3-6-8(9)4-1;;;/h7-8H2,1-6H3;1-7H;2*1H;/q2*-1;;;+4/p-2. The molecule has 0 heterocycles. The maximum absolute atomic E-state index is 6.13. The van der Waals surface area contributed by atoms with Gasteiger partial charge in [-0.05, 0) is 25.4 Å². The van der Waals surface area contributed by atoms with Crippen molar-refractivity contribution in [3.63, 3.8) is 0 Å². The number of halogens is 2. The van der Waals surface area contributed by atoms with Gasteiger partial charge >= 0.3 is 26.2 Å². The molecule has 6 heteroatoms. The smallest absolute Gasteiger partial charge is 1.00 e. The van der Waals surface area contributed by atoms with E-state index in [4.69, 9.17) is 4.43 Å². The van der Waals surface area contributed by atoms with Gasteiger partial charge in [-0.2, -0.15) is 23.1 Å². The van der Waals surface area contributed by atoms with E-state index < -0.39 is 8.32 Å². The number of hydrogen-bond donors (Lipinski definition) is 0.